The van der Waals surface area contributed by atoms with Crippen LogP contribution in [0.15, 0.2) is 48.5 Å². The van der Waals surface area contributed by atoms with E-state index in [0.29, 0.717) is 17.1 Å². The van der Waals surface area contributed by atoms with Gasteiger partial charge in [0, 0.05) is 22.2 Å². The molecule has 2 amide bonds. The van der Waals surface area contributed by atoms with Crippen LogP contribution in [0.2, 0.25) is 5.02 Å². The molecule has 0 saturated heterocycles. The van der Waals surface area contributed by atoms with E-state index in [0.717, 1.165) is 11.1 Å². The van der Waals surface area contributed by atoms with Crippen molar-refractivity contribution in [3.63, 3.8) is 0 Å². The molecular formula is C22H26ClN3O2. The summed E-state index contributed by atoms with van der Waals surface area (Å²) in [5.41, 5.74) is 8.53. The molecule has 0 radical (unpaired) electrons. The lowest BCUT2D eigenvalue weighted by molar-refractivity contribution is -0.125. The van der Waals surface area contributed by atoms with Gasteiger partial charge in [-0.3, -0.25) is 9.59 Å². The van der Waals surface area contributed by atoms with Crippen molar-refractivity contribution < 1.29 is 9.59 Å². The molecule has 28 heavy (non-hydrogen) atoms. The lowest BCUT2D eigenvalue weighted by Crippen LogP contribution is -2.50. The topological polar surface area (TPSA) is 75.4 Å². The number of carbonyl (C=O) groups excluding carboxylic acids is 2. The van der Waals surface area contributed by atoms with Crippen molar-refractivity contribution in [1.29, 1.82) is 0 Å². The maximum atomic E-state index is 13.1. The Kier molecular flexibility index (Phi) is 5.77. The van der Waals surface area contributed by atoms with E-state index in [2.05, 4.69) is 5.32 Å². The van der Waals surface area contributed by atoms with Crippen LogP contribution in [0.3, 0.4) is 0 Å². The molecule has 0 aliphatic carbocycles. The van der Waals surface area contributed by atoms with Crippen molar-refractivity contribution in [2.75, 3.05) is 11.4 Å². The predicted octanol–water partition coefficient (Wildman–Crippen LogP) is 3.45. The van der Waals surface area contributed by atoms with Gasteiger partial charge in [-0.1, -0.05) is 41.9 Å². The molecule has 0 unspecified atom stereocenters. The van der Waals surface area contributed by atoms with E-state index in [1.54, 1.807) is 12.1 Å². The second-order valence-electron chi connectivity index (χ2n) is 8.23. The highest BCUT2D eigenvalue weighted by atomic mass is 35.5. The smallest absolute Gasteiger partial charge is 0.244 e. The number of benzene rings is 2. The minimum atomic E-state index is -0.709. The first-order chi connectivity index (χ1) is 13.2. The fourth-order valence-electron chi connectivity index (χ4n) is 3.62. The van der Waals surface area contributed by atoms with Crippen LogP contribution in [0.5, 0.6) is 0 Å². The monoisotopic (exact) mass is 399 g/mol. The molecule has 3 rings (SSSR count). The van der Waals surface area contributed by atoms with E-state index in [9.17, 15) is 9.59 Å². The van der Waals surface area contributed by atoms with E-state index in [4.69, 9.17) is 17.3 Å². The summed E-state index contributed by atoms with van der Waals surface area (Å²) in [5.74, 6) is -0.567. The van der Waals surface area contributed by atoms with Crippen molar-refractivity contribution in [3.05, 3.63) is 64.7 Å². The molecule has 148 valence electrons. The predicted molar refractivity (Wildman–Crippen MR) is 113 cm³/mol. The molecule has 2 aromatic carbocycles. The molecule has 0 aromatic heterocycles. The largest absolute Gasteiger partial charge is 0.350 e. The standard InChI is InChI=1S/C22H26ClN3O2/c1-22(2,3)25-20(27)13-26-19-10-9-15(23)11-17(19)16(12-18(24)21(26)28)14-7-5-4-6-8-14/h4-11,16,18H,12-13,24H2,1-3H3,(H,25,27)/t16-,18-/m1/s1. The number of hydrogen-bond acceptors (Lipinski definition) is 3. The van der Waals surface area contributed by atoms with E-state index < -0.39 is 6.04 Å². The molecule has 1 aliphatic rings. The Labute approximate surface area is 170 Å². The normalized spacial score (nSPS) is 19.8. The Hall–Kier alpha value is -2.37. The molecule has 2 atom stereocenters. The van der Waals surface area contributed by atoms with Crippen LogP contribution in [0, 0.1) is 0 Å². The molecule has 0 spiro atoms. The molecule has 6 heteroatoms. The molecule has 0 saturated carbocycles. The molecule has 2 aromatic rings. The average molecular weight is 400 g/mol. The summed E-state index contributed by atoms with van der Waals surface area (Å²) in [6, 6.07) is 14.6. The zero-order valence-electron chi connectivity index (χ0n) is 16.4. The first kappa shape index (κ1) is 20.4. The van der Waals surface area contributed by atoms with Crippen LogP contribution in [0.25, 0.3) is 0 Å². The maximum absolute atomic E-state index is 13.1. The Balaban J connectivity index is 2.05. The van der Waals surface area contributed by atoms with Gasteiger partial charge in [0.25, 0.3) is 0 Å². The molecule has 5 nitrogen and oxygen atoms in total. The van der Waals surface area contributed by atoms with Gasteiger partial charge in [-0.15, -0.1) is 0 Å². The number of nitrogens with two attached hydrogens (primary N) is 1. The molecule has 1 heterocycles. The highest BCUT2D eigenvalue weighted by Gasteiger charge is 2.35. The van der Waals surface area contributed by atoms with Gasteiger partial charge in [0.2, 0.25) is 11.8 Å². The second kappa shape index (κ2) is 7.94. The summed E-state index contributed by atoms with van der Waals surface area (Å²) in [4.78, 5) is 27.1. The number of amides is 2. The van der Waals surface area contributed by atoms with Gasteiger partial charge < -0.3 is 16.0 Å². The first-order valence-electron chi connectivity index (χ1n) is 9.38. The summed E-state index contributed by atoms with van der Waals surface area (Å²) in [5, 5.41) is 3.49. The van der Waals surface area contributed by atoms with Crippen molar-refractivity contribution in [2.45, 2.75) is 44.7 Å². The van der Waals surface area contributed by atoms with Crippen LogP contribution in [0.1, 0.15) is 44.2 Å². The van der Waals surface area contributed by atoms with Crippen LogP contribution in [-0.2, 0) is 9.59 Å². The fraction of sp³-hybridized carbons (Fsp3) is 0.364. The van der Waals surface area contributed by atoms with Crippen molar-refractivity contribution in [1.82, 2.24) is 5.32 Å². The van der Waals surface area contributed by atoms with Gasteiger partial charge in [0.05, 0.1) is 6.04 Å². The van der Waals surface area contributed by atoms with Gasteiger partial charge in [0.15, 0.2) is 0 Å². The number of nitrogens with one attached hydrogen (secondary N) is 1. The Morgan fingerprint density at radius 1 is 1.21 bits per heavy atom. The third-order valence-electron chi connectivity index (χ3n) is 4.75. The Bertz CT molecular complexity index is 877. The van der Waals surface area contributed by atoms with E-state index in [-0.39, 0.29) is 29.8 Å². The minimum Gasteiger partial charge on any atom is -0.350 e. The van der Waals surface area contributed by atoms with E-state index in [1.165, 1.54) is 4.90 Å². The van der Waals surface area contributed by atoms with Crippen molar-refractivity contribution >= 4 is 29.1 Å². The third kappa shape index (κ3) is 4.54. The zero-order chi connectivity index (χ0) is 20.5. The van der Waals surface area contributed by atoms with Crippen molar-refractivity contribution in [2.24, 2.45) is 5.73 Å². The molecule has 0 fully saturated rings. The van der Waals surface area contributed by atoms with Crippen LogP contribution in [-0.4, -0.2) is 29.9 Å². The van der Waals surface area contributed by atoms with Crippen LogP contribution < -0.4 is 16.0 Å². The number of fused-ring (bicyclic) bond motifs is 1. The zero-order valence-corrected chi connectivity index (χ0v) is 17.2. The molecule has 3 N–H and O–H groups in total. The Morgan fingerprint density at radius 3 is 2.54 bits per heavy atom. The van der Waals surface area contributed by atoms with Crippen LogP contribution in [0.4, 0.5) is 5.69 Å². The van der Waals surface area contributed by atoms with E-state index in [1.807, 2.05) is 57.2 Å². The number of anilines is 1. The lowest BCUT2D eigenvalue weighted by atomic mass is 9.86. The number of carbonyl (C=O) groups is 2. The van der Waals surface area contributed by atoms with Gasteiger partial charge in [-0.25, -0.2) is 0 Å². The second-order valence-corrected chi connectivity index (χ2v) is 8.67. The van der Waals surface area contributed by atoms with Gasteiger partial charge in [0.1, 0.15) is 6.54 Å². The van der Waals surface area contributed by atoms with E-state index >= 15 is 0 Å². The summed E-state index contributed by atoms with van der Waals surface area (Å²) >= 11 is 6.28. The minimum absolute atomic E-state index is 0.0791. The number of halogens is 1. The highest BCUT2D eigenvalue weighted by molar-refractivity contribution is 6.30. The average Bonchev–Trinajstić information content (AvgIpc) is 2.71. The third-order valence-corrected chi connectivity index (χ3v) is 4.98. The van der Waals surface area contributed by atoms with Gasteiger partial charge in [-0.2, -0.15) is 0 Å². The number of hydrogen-bond donors (Lipinski definition) is 2. The van der Waals surface area contributed by atoms with Crippen LogP contribution >= 0.6 is 11.6 Å². The maximum Gasteiger partial charge on any atom is 0.244 e. The first-order valence-corrected chi connectivity index (χ1v) is 9.76. The molecule has 1 aliphatic heterocycles. The summed E-state index contributed by atoms with van der Waals surface area (Å²) in [6.07, 6.45) is 0.452. The summed E-state index contributed by atoms with van der Waals surface area (Å²) in [6.45, 7) is 5.63. The molecule has 0 bridgehead atoms. The highest BCUT2D eigenvalue weighted by Crippen LogP contribution is 2.40. The summed E-state index contributed by atoms with van der Waals surface area (Å²) < 4.78 is 0. The van der Waals surface area contributed by atoms with Gasteiger partial charge in [-0.05, 0) is 56.5 Å². The quantitative estimate of drug-likeness (QED) is 0.829. The fourth-order valence-corrected chi connectivity index (χ4v) is 3.80. The number of nitrogens with zero attached hydrogens (tertiary/aromatic N) is 1. The lowest BCUT2D eigenvalue weighted by Gasteiger charge is -2.27. The molecular weight excluding hydrogens is 374 g/mol. The van der Waals surface area contributed by atoms with Crippen molar-refractivity contribution in [3.8, 4) is 0 Å². The number of rotatable bonds is 3. The summed E-state index contributed by atoms with van der Waals surface area (Å²) in [7, 11) is 0. The van der Waals surface area contributed by atoms with Gasteiger partial charge >= 0.3 is 0 Å². The SMILES string of the molecule is CC(C)(C)NC(=O)CN1C(=O)[C@H](N)C[C@H](c2ccccc2)c2cc(Cl)ccc21. The Morgan fingerprint density at radius 2 is 1.89 bits per heavy atom.